The summed E-state index contributed by atoms with van der Waals surface area (Å²) in [5, 5.41) is 12.3. The summed E-state index contributed by atoms with van der Waals surface area (Å²) in [4.78, 5) is 11.5. The predicted molar refractivity (Wildman–Crippen MR) is 79.5 cm³/mol. The third-order valence-corrected chi connectivity index (χ3v) is 5.22. The van der Waals surface area contributed by atoms with E-state index in [9.17, 15) is 13.2 Å². The van der Waals surface area contributed by atoms with Crippen molar-refractivity contribution in [3.8, 4) is 0 Å². The van der Waals surface area contributed by atoms with Gasteiger partial charge in [-0.05, 0) is 22.9 Å². The van der Waals surface area contributed by atoms with Gasteiger partial charge in [0.05, 0.1) is 6.54 Å². The minimum Gasteiger partial charge on any atom is -0.358 e. The summed E-state index contributed by atoms with van der Waals surface area (Å²) in [5.74, 6) is -0.733. The topological polar surface area (TPSA) is 107 Å². The number of aromatic nitrogens is 4. The molecule has 0 fully saturated rings. The lowest BCUT2D eigenvalue weighted by atomic mass is 10.2. The van der Waals surface area contributed by atoms with Crippen molar-refractivity contribution in [1.82, 2.24) is 25.5 Å². The molecule has 0 aliphatic rings. The summed E-state index contributed by atoms with van der Waals surface area (Å²) in [6.07, 6.45) is 0. The molecule has 1 N–H and O–H groups in total. The van der Waals surface area contributed by atoms with E-state index in [1.807, 2.05) is 30.3 Å². The Bertz CT molecular complexity index is 742. The van der Waals surface area contributed by atoms with Crippen LogP contribution in [0.25, 0.3) is 0 Å². The van der Waals surface area contributed by atoms with Crippen molar-refractivity contribution < 1.29 is 13.2 Å². The van der Waals surface area contributed by atoms with Crippen molar-refractivity contribution in [3.05, 3.63) is 41.7 Å². The molecule has 1 atom stereocenters. The molecule has 2 aromatic rings. The number of carbonyl (C=O) groups excluding carboxylic acids is 1. The van der Waals surface area contributed by atoms with E-state index in [0.29, 0.717) is 6.54 Å². The van der Waals surface area contributed by atoms with Crippen molar-refractivity contribution in [2.24, 2.45) is 0 Å². The van der Waals surface area contributed by atoms with Crippen LogP contribution in [0.4, 0.5) is 0 Å². The first kappa shape index (κ1) is 16.1. The van der Waals surface area contributed by atoms with Gasteiger partial charge < -0.3 is 5.32 Å². The van der Waals surface area contributed by atoms with Gasteiger partial charge in [0.25, 0.3) is 0 Å². The monoisotopic (exact) mass is 323 g/mol. The number of nitrogens with zero attached hydrogens (tertiary/aromatic N) is 4. The van der Waals surface area contributed by atoms with Crippen LogP contribution in [0.1, 0.15) is 18.3 Å². The molecule has 22 heavy (non-hydrogen) atoms. The summed E-state index contributed by atoms with van der Waals surface area (Å²) < 4.78 is 25.9. The Labute approximate surface area is 128 Å². The molecule has 0 aliphatic heterocycles. The summed E-state index contributed by atoms with van der Waals surface area (Å²) in [6.45, 7) is 1.71. The van der Waals surface area contributed by atoms with Gasteiger partial charge >= 0.3 is 0 Å². The number of carbonyl (C=O) groups is 1. The molecule has 0 saturated heterocycles. The Morgan fingerprint density at radius 1 is 1.32 bits per heavy atom. The standard InChI is InChI=1S/C13H17N5O3S/c1-10(13(19)14-2)22(20,21)9-12-15-16-17-18(12)8-11-6-4-3-5-7-11/h3-7,10H,8-9H2,1-2H3,(H,14,19). The first-order chi connectivity index (χ1) is 10.4. The maximum Gasteiger partial charge on any atom is 0.237 e. The third-order valence-electron chi connectivity index (χ3n) is 3.27. The van der Waals surface area contributed by atoms with Crippen LogP contribution in [0.5, 0.6) is 0 Å². The van der Waals surface area contributed by atoms with Gasteiger partial charge in [0.1, 0.15) is 11.0 Å². The fraction of sp³-hybridized carbons (Fsp3) is 0.385. The number of hydrogen-bond acceptors (Lipinski definition) is 6. The Morgan fingerprint density at radius 3 is 2.64 bits per heavy atom. The Morgan fingerprint density at radius 2 is 2.00 bits per heavy atom. The number of tetrazole rings is 1. The van der Waals surface area contributed by atoms with Crippen molar-refractivity contribution in [2.75, 3.05) is 7.05 Å². The Hall–Kier alpha value is -2.29. The van der Waals surface area contributed by atoms with Gasteiger partial charge in [0.15, 0.2) is 15.7 Å². The van der Waals surface area contributed by atoms with Crippen LogP contribution < -0.4 is 5.32 Å². The lowest BCUT2D eigenvalue weighted by Gasteiger charge is -2.11. The highest BCUT2D eigenvalue weighted by Gasteiger charge is 2.29. The summed E-state index contributed by atoms with van der Waals surface area (Å²) >= 11 is 0. The molecule has 1 aromatic heterocycles. The lowest BCUT2D eigenvalue weighted by molar-refractivity contribution is -0.119. The molecule has 0 bridgehead atoms. The second kappa shape index (κ2) is 6.65. The quantitative estimate of drug-likeness (QED) is 0.787. The number of hydrogen-bond donors (Lipinski definition) is 1. The van der Waals surface area contributed by atoms with Gasteiger partial charge in [0.2, 0.25) is 5.91 Å². The molecule has 0 spiro atoms. The zero-order chi connectivity index (χ0) is 16.2. The molecule has 0 aliphatic carbocycles. The normalized spacial score (nSPS) is 12.8. The van der Waals surface area contributed by atoms with Crippen molar-refractivity contribution in [2.45, 2.75) is 24.5 Å². The van der Waals surface area contributed by atoms with Crippen LogP contribution >= 0.6 is 0 Å². The van der Waals surface area contributed by atoms with Crippen LogP contribution in [0, 0.1) is 0 Å². The molecule has 8 nitrogen and oxygen atoms in total. The predicted octanol–water partition coefficient (Wildman–Crippen LogP) is -0.229. The SMILES string of the molecule is CNC(=O)C(C)S(=O)(=O)Cc1nnnn1Cc1ccccc1. The average Bonchev–Trinajstić information content (AvgIpc) is 2.93. The summed E-state index contributed by atoms with van der Waals surface area (Å²) in [7, 11) is -2.29. The zero-order valence-electron chi connectivity index (χ0n) is 12.3. The van der Waals surface area contributed by atoms with E-state index < -0.39 is 21.0 Å². The molecule has 118 valence electrons. The highest BCUT2D eigenvalue weighted by Crippen LogP contribution is 2.10. The molecule has 1 heterocycles. The highest BCUT2D eigenvalue weighted by atomic mass is 32.2. The second-order valence-corrected chi connectivity index (χ2v) is 7.12. The van der Waals surface area contributed by atoms with Crippen LogP contribution in [0.3, 0.4) is 0 Å². The number of rotatable bonds is 6. The van der Waals surface area contributed by atoms with E-state index in [2.05, 4.69) is 20.8 Å². The summed E-state index contributed by atoms with van der Waals surface area (Å²) in [6, 6.07) is 9.44. The van der Waals surface area contributed by atoms with E-state index in [-0.39, 0.29) is 11.6 Å². The van der Waals surface area contributed by atoms with E-state index in [4.69, 9.17) is 0 Å². The minimum atomic E-state index is -3.68. The molecule has 1 amide bonds. The molecule has 9 heteroatoms. The number of sulfone groups is 1. The number of nitrogens with one attached hydrogen (secondary N) is 1. The van der Waals surface area contributed by atoms with Crippen LogP contribution in [0.15, 0.2) is 30.3 Å². The molecule has 1 unspecified atom stereocenters. The number of amides is 1. The fourth-order valence-electron chi connectivity index (χ4n) is 1.88. The third kappa shape index (κ3) is 3.67. The van der Waals surface area contributed by atoms with Crippen LogP contribution in [0.2, 0.25) is 0 Å². The molecule has 1 aromatic carbocycles. The summed E-state index contributed by atoms with van der Waals surface area (Å²) in [5.41, 5.74) is 0.952. The maximum atomic E-state index is 12.2. The number of benzene rings is 1. The zero-order valence-corrected chi connectivity index (χ0v) is 13.1. The Balaban J connectivity index is 2.18. The molecular formula is C13H17N5O3S. The van der Waals surface area contributed by atoms with Crippen molar-refractivity contribution in [1.29, 1.82) is 0 Å². The molecule has 2 rings (SSSR count). The lowest BCUT2D eigenvalue weighted by Crippen LogP contribution is -2.36. The minimum absolute atomic E-state index is 0.208. The van der Waals surface area contributed by atoms with E-state index in [1.165, 1.54) is 18.7 Å². The highest BCUT2D eigenvalue weighted by molar-refractivity contribution is 7.92. The van der Waals surface area contributed by atoms with Gasteiger partial charge in [-0.25, -0.2) is 13.1 Å². The van der Waals surface area contributed by atoms with Crippen molar-refractivity contribution >= 4 is 15.7 Å². The van der Waals surface area contributed by atoms with Gasteiger partial charge in [-0.2, -0.15) is 0 Å². The first-order valence-electron chi connectivity index (χ1n) is 6.66. The molecular weight excluding hydrogens is 306 g/mol. The largest absolute Gasteiger partial charge is 0.358 e. The van der Waals surface area contributed by atoms with E-state index in [1.54, 1.807) is 0 Å². The molecule has 0 radical (unpaired) electrons. The first-order valence-corrected chi connectivity index (χ1v) is 8.37. The van der Waals surface area contributed by atoms with Crippen LogP contribution in [-0.4, -0.2) is 46.8 Å². The van der Waals surface area contributed by atoms with Gasteiger partial charge in [0, 0.05) is 7.05 Å². The fourth-order valence-corrected chi connectivity index (χ4v) is 3.14. The second-order valence-electron chi connectivity index (χ2n) is 4.80. The van der Waals surface area contributed by atoms with Gasteiger partial charge in [-0.15, -0.1) is 5.10 Å². The smallest absolute Gasteiger partial charge is 0.237 e. The average molecular weight is 323 g/mol. The van der Waals surface area contributed by atoms with Crippen molar-refractivity contribution in [3.63, 3.8) is 0 Å². The van der Waals surface area contributed by atoms with Gasteiger partial charge in [-0.1, -0.05) is 30.3 Å². The van der Waals surface area contributed by atoms with E-state index >= 15 is 0 Å². The van der Waals surface area contributed by atoms with Gasteiger partial charge in [-0.3, -0.25) is 4.79 Å². The van der Waals surface area contributed by atoms with Crippen LogP contribution in [-0.2, 0) is 26.9 Å². The maximum absolute atomic E-state index is 12.2. The Kier molecular flexibility index (Phi) is 4.86. The van der Waals surface area contributed by atoms with E-state index in [0.717, 1.165) is 5.56 Å². The molecule has 0 saturated carbocycles.